The topological polar surface area (TPSA) is 46.9 Å². The first-order chi connectivity index (χ1) is 11.9. The third-order valence-corrected chi connectivity index (χ3v) is 4.06. The van der Waals surface area contributed by atoms with Crippen molar-refractivity contribution < 1.29 is 13.6 Å². The fraction of sp³-hybridized carbons (Fsp3) is 0.0588. The molecule has 3 aromatic rings. The van der Waals surface area contributed by atoms with E-state index in [1.807, 2.05) is 12.1 Å². The van der Waals surface area contributed by atoms with Crippen LogP contribution in [0.25, 0.3) is 0 Å². The van der Waals surface area contributed by atoms with Crippen LogP contribution in [0.3, 0.4) is 0 Å². The largest absolute Gasteiger partial charge is 0.304 e. The van der Waals surface area contributed by atoms with Crippen molar-refractivity contribution in [3.05, 3.63) is 81.5 Å². The molecule has 0 atom stereocenters. The van der Waals surface area contributed by atoms with Crippen LogP contribution >= 0.6 is 23.2 Å². The summed E-state index contributed by atoms with van der Waals surface area (Å²) in [6.07, 6.45) is 1.50. The van der Waals surface area contributed by atoms with Gasteiger partial charge in [-0.25, -0.2) is 8.78 Å². The molecule has 2 aromatic carbocycles. The number of aromatic nitrogens is 2. The maximum atomic E-state index is 13.7. The van der Waals surface area contributed by atoms with Gasteiger partial charge in [0.1, 0.15) is 16.7 Å². The van der Waals surface area contributed by atoms with Crippen molar-refractivity contribution in [2.45, 2.75) is 6.54 Å². The Bertz CT molecular complexity index is 943. The van der Waals surface area contributed by atoms with Crippen molar-refractivity contribution in [2.24, 2.45) is 0 Å². The van der Waals surface area contributed by atoms with E-state index in [0.717, 1.165) is 23.8 Å². The molecule has 0 saturated carbocycles. The predicted octanol–water partition coefficient (Wildman–Crippen LogP) is 4.77. The van der Waals surface area contributed by atoms with E-state index in [9.17, 15) is 13.6 Å². The van der Waals surface area contributed by atoms with Crippen LogP contribution in [0.1, 0.15) is 15.9 Å². The Morgan fingerprint density at radius 1 is 1.12 bits per heavy atom. The molecule has 0 spiro atoms. The third-order valence-electron chi connectivity index (χ3n) is 3.41. The Morgan fingerprint density at radius 2 is 1.88 bits per heavy atom. The number of benzene rings is 2. The van der Waals surface area contributed by atoms with Gasteiger partial charge in [0.05, 0.1) is 12.1 Å². The van der Waals surface area contributed by atoms with Crippen molar-refractivity contribution in [3.8, 4) is 0 Å². The highest BCUT2D eigenvalue weighted by molar-refractivity contribution is 6.33. The minimum Gasteiger partial charge on any atom is -0.304 e. The molecule has 8 heteroatoms. The highest BCUT2D eigenvalue weighted by Gasteiger charge is 2.16. The van der Waals surface area contributed by atoms with Gasteiger partial charge in [-0.1, -0.05) is 41.4 Å². The van der Waals surface area contributed by atoms with Crippen LogP contribution in [0.5, 0.6) is 0 Å². The normalized spacial score (nSPS) is 10.7. The molecule has 128 valence electrons. The molecule has 0 aliphatic heterocycles. The smallest absolute Gasteiger partial charge is 0.259 e. The highest BCUT2D eigenvalue weighted by Crippen LogP contribution is 2.23. The fourth-order valence-corrected chi connectivity index (χ4v) is 2.60. The number of carbonyl (C=O) groups is 1. The first-order valence-corrected chi connectivity index (χ1v) is 7.92. The molecule has 0 bridgehead atoms. The molecule has 3 rings (SSSR count). The van der Waals surface area contributed by atoms with Crippen LogP contribution in [0.15, 0.2) is 48.7 Å². The Morgan fingerprint density at radius 3 is 2.64 bits per heavy atom. The zero-order valence-corrected chi connectivity index (χ0v) is 14.2. The Hall–Kier alpha value is -2.44. The van der Waals surface area contributed by atoms with Crippen LogP contribution in [-0.2, 0) is 6.54 Å². The van der Waals surface area contributed by atoms with Crippen LogP contribution in [-0.4, -0.2) is 15.7 Å². The lowest BCUT2D eigenvalue weighted by Gasteiger charge is -2.05. The number of anilines is 1. The number of amides is 1. The Labute approximate surface area is 152 Å². The van der Waals surface area contributed by atoms with Gasteiger partial charge >= 0.3 is 0 Å². The average Bonchev–Trinajstić information content (AvgIpc) is 2.91. The van der Waals surface area contributed by atoms with Gasteiger partial charge in [0, 0.05) is 11.2 Å². The number of halogens is 4. The van der Waals surface area contributed by atoms with E-state index >= 15 is 0 Å². The zero-order valence-electron chi connectivity index (χ0n) is 12.6. The van der Waals surface area contributed by atoms with Gasteiger partial charge in [-0.2, -0.15) is 5.10 Å². The molecule has 0 radical (unpaired) electrons. The van der Waals surface area contributed by atoms with E-state index in [2.05, 4.69) is 10.4 Å². The summed E-state index contributed by atoms with van der Waals surface area (Å²) in [4.78, 5) is 12.1. The van der Waals surface area contributed by atoms with Gasteiger partial charge < -0.3 is 5.32 Å². The number of nitrogens with one attached hydrogen (secondary N) is 1. The van der Waals surface area contributed by atoms with E-state index in [4.69, 9.17) is 23.2 Å². The summed E-state index contributed by atoms with van der Waals surface area (Å²) in [5, 5.41) is 7.25. The van der Waals surface area contributed by atoms with Gasteiger partial charge in [0.25, 0.3) is 5.91 Å². The number of hydrogen-bond donors (Lipinski definition) is 1. The Balaban J connectivity index is 1.80. The molecular formula is C17H11Cl2F2N3O. The first kappa shape index (κ1) is 17.4. The quantitative estimate of drug-likeness (QED) is 0.707. The van der Waals surface area contributed by atoms with Gasteiger partial charge in [-0.05, 0) is 29.8 Å². The van der Waals surface area contributed by atoms with Crippen molar-refractivity contribution in [3.63, 3.8) is 0 Å². The number of hydrogen-bond acceptors (Lipinski definition) is 2. The molecule has 1 aromatic heterocycles. The van der Waals surface area contributed by atoms with E-state index in [0.29, 0.717) is 11.6 Å². The summed E-state index contributed by atoms with van der Waals surface area (Å²) in [6.45, 7) is 0.337. The van der Waals surface area contributed by atoms with Crippen molar-refractivity contribution >= 4 is 34.9 Å². The lowest BCUT2D eigenvalue weighted by Crippen LogP contribution is -2.15. The molecule has 4 nitrogen and oxygen atoms in total. The highest BCUT2D eigenvalue weighted by atomic mass is 35.5. The number of rotatable bonds is 4. The number of nitrogens with zero attached hydrogens (tertiary/aromatic N) is 2. The summed E-state index contributed by atoms with van der Waals surface area (Å²) in [5.74, 6) is -2.36. The van der Waals surface area contributed by atoms with Gasteiger partial charge in [0.2, 0.25) is 0 Å². The summed E-state index contributed by atoms with van der Waals surface area (Å²) in [6, 6.07) is 9.83. The minimum absolute atomic E-state index is 0.0439. The standard InChI is InChI=1S/C17H11Cl2F2N3O/c18-13-4-2-1-3-10(13)8-24-9-14(19)16(23-24)22-17(25)12-7-11(20)5-6-15(12)21/h1-7,9H,8H2,(H,22,23,25). The average molecular weight is 382 g/mol. The molecule has 0 fully saturated rings. The molecular weight excluding hydrogens is 371 g/mol. The van der Waals surface area contributed by atoms with E-state index < -0.39 is 23.1 Å². The van der Waals surface area contributed by atoms with Crippen molar-refractivity contribution in [1.82, 2.24) is 9.78 Å². The third kappa shape index (κ3) is 3.97. The van der Waals surface area contributed by atoms with Crippen molar-refractivity contribution in [1.29, 1.82) is 0 Å². The van der Waals surface area contributed by atoms with Crippen molar-refractivity contribution in [2.75, 3.05) is 5.32 Å². The molecule has 1 N–H and O–H groups in total. The fourth-order valence-electron chi connectivity index (χ4n) is 2.21. The minimum atomic E-state index is -0.845. The second-order valence-corrected chi connectivity index (χ2v) is 6.01. The maximum absolute atomic E-state index is 13.7. The van der Waals surface area contributed by atoms with Gasteiger partial charge in [-0.15, -0.1) is 0 Å². The van der Waals surface area contributed by atoms with Crippen LogP contribution in [0.2, 0.25) is 10.0 Å². The molecule has 0 unspecified atom stereocenters. The summed E-state index contributed by atoms with van der Waals surface area (Å²) >= 11 is 12.2. The summed E-state index contributed by atoms with van der Waals surface area (Å²) in [5.41, 5.74) is 0.383. The lowest BCUT2D eigenvalue weighted by atomic mass is 10.2. The van der Waals surface area contributed by atoms with Crippen LogP contribution in [0.4, 0.5) is 14.6 Å². The maximum Gasteiger partial charge on any atom is 0.259 e. The molecule has 0 saturated heterocycles. The summed E-state index contributed by atoms with van der Waals surface area (Å²) in [7, 11) is 0. The molecule has 1 amide bonds. The summed E-state index contributed by atoms with van der Waals surface area (Å²) < 4.78 is 28.4. The second-order valence-electron chi connectivity index (χ2n) is 5.19. The number of carbonyl (C=O) groups excluding carboxylic acids is 1. The molecule has 1 heterocycles. The molecule has 0 aliphatic rings. The van der Waals surface area contributed by atoms with E-state index in [1.165, 1.54) is 10.9 Å². The van der Waals surface area contributed by atoms with Gasteiger partial charge in [-0.3, -0.25) is 9.48 Å². The van der Waals surface area contributed by atoms with E-state index in [1.54, 1.807) is 12.1 Å². The predicted molar refractivity (Wildman–Crippen MR) is 92.1 cm³/mol. The molecule has 0 aliphatic carbocycles. The van der Waals surface area contributed by atoms with Crippen LogP contribution < -0.4 is 5.32 Å². The van der Waals surface area contributed by atoms with Gasteiger partial charge in [0.15, 0.2) is 5.82 Å². The first-order valence-electron chi connectivity index (χ1n) is 7.17. The van der Waals surface area contributed by atoms with Crippen LogP contribution in [0, 0.1) is 11.6 Å². The second kappa shape index (κ2) is 7.21. The Kier molecular flexibility index (Phi) is 5.01. The van der Waals surface area contributed by atoms with E-state index in [-0.39, 0.29) is 10.8 Å². The molecule has 25 heavy (non-hydrogen) atoms. The zero-order chi connectivity index (χ0) is 18.0. The SMILES string of the molecule is O=C(Nc1nn(Cc2ccccc2Cl)cc1Cl)c1cc(F)ccc1F. The lowest BCUT2D eigenvalue weighted by molar-refractivity contribution is 0.102. The monoisotopic (exact) mass is 381 g/mol.